The van der Waals surface area contributed by atoms with Crippen LogP contribution in [0.2, 0.25) is 5.02 Å². The lowest BCUT2D eigenvalue weighted by atomic mass is 10.1. The van der Waals surface area contributed by atoms with Crippen molar-refractivity contribution in [2.24, 2.45) is 0 Å². The molecule has 3 heterocycles. The van der Waals surface area contributed by atoms with Crippen molar-refractivity contribution >= 4 is 28.5 Å². The number of amides is 1. The molecule has 0 aliphatic heterocycles. The van der Waals surface area contributed by atoms with Gasteiger partial charge >= 0.3 is 0 Å². The molecule has 4 rings (SSSR count). The summed E-state index contributed by atoms with van der Waals surface area (Å²) in [4.78, 5) is 27.6. The van der Waals surface area contributed by atoms with Crippen molar-refractivity contribution in [3.05, 3.63) is 76.5 Å². The van der Waals surface area contributed by atoms with Gasteiger partial charge < -0.3 is 14.7 Å². The number of nitrogens with zero attached hydrogens (tertiary/aromatic N) is 3. The van der Waals surface area contributed by atoms with Crippen LogP contribution in [-0.4, -0.2) is 25.8 Å². The second-order valence-corrected chi connectivity index (χ2v) is 7.65. The zero-order valence-corrected chi connectivity index (χ0v) is 17.8. The van der Waals surface area contributed by atoms with Gasteiger partial charge in [0.2, 0.25) is 0 Å². The highest BCUT2D eigenvalue weighted by atomic mass is 35.5. The minimum atomic E-state index is -0.482. The molecule has 0 radical (unpaired) electrons. The molecule has 0 fully saturated rings. The van der Waals surface area contributed by atoms with E-state index in [2.05, 4.69) is 25.3 Å². The Morgan fingerprint density at radius 1 is 1.09 bits per heavy atom. The molecule has 0 saturated heterocycles. The Kier molecular flexibility index (Phi) is 6.75. The average Bonchev–Trinajstić information content (AvgIpc) is 3.44. The van der Waals surface area contributed by atoms with E-state index in [4.69, 9.17) is 16.0 Å². The van der Waals surface area contributed by atoms with Gasteiger partial charge in [0.25, 0.3) is 5.91 Å². The van der Waals surface area contributed by atoms with Crippen molar-refractivity contribution in [3.63, 3.8) is 0 Å². The lowest BCUT2D eigenvalue weighted by Gasteiger charge is -2.03. The molecule has 0 unspecified atom stereocenters. The summed E-state index contributed by atoms with van der Waals surface area (Å²) in [7, 11) is 0. The predicted molar refractivity (Wildman–Crippen MR) is 114 cm³/mol. The first kappa shape index (κ1) is 21.9. The van der Waals surface area contributed by atoms with E-state index in [1.165, 1.54) is 36.7 Å². The van der Waals surface area contributed by atoms with Gasteiger partial charge in [-0.15, -0.1) is 0 Å². The number of carbonyl (C=O) groups is 1. The highest BCUT2D eigenvalue weighted by molar-refractivity contribution is 6.34. The molecule has 0 saturated carbocycles. The minimum Gasteiger partial charge on any atom is -0.448 e. The summed E-state index contributed by atoms with van der Waals surface area (Å²) in [6.45, 7) is -0.0371. The van der Waals surface area contributed by atoms with Crippen LogP contribution in [0.3, 0.4) is 0 Å². The number of halogens is 3. The Morgan fingerprint density at radius 3 is 2.75 bits per heavy atom. The third-order valence-electron chi connectivity index (χ3n) is 4.93. The van der Waals surface area contributed by atoms with E-state index in [9.17, 15) is 13.6 Å². The van der Waals surface area contributed by atoms with E-state index in [-0.39, 0.29) is 23.4 Å². The normalized spacial score (nSPS) is 11.2. The number of aryl methyl sites for hydroxylation is 2. The number of fused-ring (bicyclic) bond motifs is 1. The monoisotopic (exact) mass is 459 g/mol. The molecular formula is C22H20ClF2N5O2. The standard InChI is InChI=1S/C22H20ClF2N5O2/c23-13-8-9-15(25)21-20(13)29-18(30-21)6-2-1-3-7-19-28-17(12-32-19)22(31)27-11-16-14(24)5-4-10-26-16/h4-5,8-10,12H,1-3,6-7,11H2,(H,27,31)(H,29,30). The molecular weight excluding hydrogens is 440 g/mol. The number of hydrogen-bond acceptors (Lipinski definition) is 5. The zero-order chi connectivity index (χ0) is 22.5. The number of aromatic amines is 1. The Morgan fingerprint density at radius 2 is 1.94 bits per heavy atom. The van der Waals surface area contributed by atoms with E-state index < -0.39 is 17.5 Å². The maximum Gasteiger partial charge on any atom is 0.273 e. The first-order valence-corrected chi connectivity index (χ1v) is 10.5. The lowest BCUT2D eigenvalue weighted by Crippen LogP contribution is -2.24. The maximum atomic E-state index is 13.8. The molecule has 1 aromatic carbocycles. The molecule has 0 aliphatic carbocycles. The molecule has 0 bridgehead atoms. The van der Waals surface area contributed by atoms with Gasteiger partial charge in [-0.2, -0.15) is 0 Å². The highest BCUT2D eigenvalue weighted by Crippen LogP contribution is 2.24. The summed E-state index contributed by atoms with van der Waals surface area (Å²) in [5.41, 5.74) is 1.05. The molecule has 2 N–H and O–H groups in total. The van der Waals surface area contributed by atoms with Crippen molar-refractivity contribution in [1.82, 2.24) is 25.3 Å². The number of H-pyrrole nitrogens is 1. The predicted octanol–water partition coefficient (Wildman–Crippen LogP) is 4.76. The SMILES string of the molecule is O=C(NCc1ncccc1F)c1coc(CCCCCc2nc3c(F)ccc(Cl)c3[nH]2)n1. The smallest absolute Gasteiger partial charge is 0.273 e. The van der Waals surface area contributed by atoms with Gasteiger partial charge in [-0.25, -0.2) is 18.7 Å². The largest absolute Gasteiger partial charge is 0.448 e. The van der Waals surface area contributed by atoms with Gasteiger partial charge in [0.05, 0.1) is 22.8 Å². The number of benzene rings is 1. The highest BCUT2D eigenvalue weighted by Gasteiger charge is 2.14. The van der Waals surface area contributed by atoms with Crippen molar-refractivity contribution in [2.45, 2.75) is 38.6 Å². The first-order chi connectivity index (χ1) is 15.5. The molecule has 0 aliphatic rings. The van der Waals surface area contributed by atoms with Crippen molar-refractivity contribution in [3.8, 4) is 0 Å². The van der Waals surface area contributed by atoms with Gasteiger partial charge in [-0.05, 0) is 37.1 Å². The van der Waals surface area contributed by atoms with Crippen LogP contribution < -0.4 is 5.32 Å². The number of pyridine rings is 1. The fourth-order valence-electron chi connectivity index (χ4n) is 3.27. The molecule has 4 aromatic rings. The fourth-order valence-corrected chi connectivity index (χ4v) is 3.47. The maximum absolute atomic E-state index is 13.8. The lowest BCUT2D eigenvalue weighted by molar-refractivity contribution is 0.0945. The van der Waals surface area contributed by atoms with Gasteiger partial charge in [-0.1, -0.05) is 18.0 Å². The summed E-state index contributed by atoms with van der Waals surface area (Å²) < 4.78 is 32.7. The number of carbonyl (C=O) groups excluding carboxylic acids is 1. The molecule has 1 amide bonds. The average molecular weight is 460 g/mol. The van der Waals surface area contributed by atoms with Crippen molar-refractivity contribution < 1.29 is 18.0 Å². The molecule has 10 heteroatoms. The molecule has 0 spiro atoms. The van der Waals surface area contributed by atoms with Crippen molar-refractivity contribution in [1.29, 1.82) is 0 Å². The second-order valence-electron chi connectivity index (χ2n) is 7.24. The topological polar surface area (TPSA) is 96.7 Å². The van der Waals surface area contributed by atoms with Crippen LogP contribution in [0.25, 0.3) is 11.0 Å². The van der Waals surface area contributed by atoms with Gasteiger partial charge in [-0.3, -0.25) is 9.78 Å². The summed E-state index contributed by atoms with van der Waals surface area (Å²) in [5, 5.41) is 3.01. The minimum absolute atomic E-state index is 0.0371. The molecule has 0 atom stereocenters. The third kappa shape index (κ3) is 5.11. The van der Waals surface area contributed by atoms with Crippen LogP contribution in [-0.2, 0) is 19.4 Å². The van der Waals surface area contributed by atoms with Gasteiger partial charge in [0.15, 0.2) is 17.4 Å². The number of nitrogens with one attached hydrogen (secondary N) is 2. The van der Waals surface area contributed by atoms with E-state index in [1.807, 2.05) is 0 Å². The van der Waals surface area contributed by atoms with E-state index in [0.717, 1.165) is 19.3 Å². The van der Waals surface area contributed by atoms with E-state index >= 15 is 0 Å². The van der Waals surface area contributed by atoms with E-state index in [1.54, 1.807) is 0 Å². The number of unbranched alkanes of at least 4 members (excludes halogenated alkanes) is 2. The summed E-state index contributed by atoms with van der Waals surface area (Å²) >= 11 is 6.07. The Balaban J connectivity index is 1.21. The summed E-state index contributed by atoms with van der Waals surface area (Å²) in [6.07, 6.45) is 6.48. The van der Waals surface area contributed by atoms with Crippen LogP contribution in [0.15, 0.2) is 41.1 Å². The van der Waals surface area contributed by atoms with Crippen LogP contribution in [0.5, 0.6) is 0 Å². The first-order valence-electron chi connectivity index (χ1n) is 10.2. The zero-order valence-electron chi connectivity index (χ0n) is 17.0. The number of aromatic nitrogens is 4. The van der Waals surface area contributed by atoms with Crippen LogP contribution in [0, 0.1) is 11.6 Å². The molecule has 32 heavy (non-hydrogen) atoms. The van der Waals surface area contributed by atoms with Gasteiger partial charge in [0, 0.05) is 19.0 Å². The second kappa shape index (κ2) is 9.86. The quantitative estimate of drug-likeness (QED) is 0.352. The van der Waals surface area contributed by atoms with Crippen LogP contribution in [0.4, 0.5) is 8.78 Å². The number of imidazole rings is 1. The summed E-state index contributed by atoms with van der Waals surface area (Å²) in [5.74, 6) is -0.200. The molecule has 7 nitrogen and oxygen atoms in total. The molecule has 166 valence electrons. The molecule has 3 aromatic heterocycles. The third-order valence-corrected chi connectivity index (χ3v) is 5.25. The number of rotatable bonds is 9. The summed E-state index contributed by atoms with van der Waals surface area (Å²) in [6, 6.07) is 5.57. The van der Waals surface area contributed by atoms with Crippen LogP contribution in [0.1, 0.15) is 47.2 Å². The van der Waals surface area contributed by atoms with Crippen molar-refractivity contribution in [2.75, 3.05) is 0 Å². The van der Waals surface area contributed by atoms with Crippen LogP contribution >= 0.6 is 11.6 Å². The number of oxazole rings is 1. The van der Waals surface area contributed by atoms with E-state index in [0.29, 0.717) is 35.1 Å². The Bertz CT molecular complexity index is 1200. The number of hydrogen-bond donors (Lipinski definition) is 2. The Labute approximate surface area is 187 Å². The fraction of sp³-hybridized carbons (Fsp3) is 0.273. The van der Waals surface area contributed by atoms with Gasteiger partial charge in [0.1, 0.15) is 23.4 Å². The Hall–Kier alpha value is -3.33.